The molecule has 364 valence electrons. The van der Waals surface area contributed by atoms with Gasteiger partial charge in [-0.25, -0.2) is 9.59 Å². The van der Waals surface area contributed by atoms with Gasteiger partial charge in [-0.1, -0.05) is 90.9 Å². The maximum atomic E-state index is 14.1. The number of carboxylic acids is 1. The van der Waals surface area contributed by atoms with Crippen molar-refractivity contribution < 1.29 is 61.7 Å². The van der Waals surface area contributed by atoms with Gasteiger partial charge in [0.25, 0.3) is 5.91 Å². The average Bonchev–Trinajstić information content (AvgIpc) is 3.25. The first-order valence-electron chi connectivity index (χ1n) is 21.6. The van der Waals surface area contributed by atoms with Gasteiger partial charge in [0.1, 0.15) is 24.2 Å². The first-order chi connectivity index (χ1) is 30.3. The number of hydrogen-bond donors (Lipinski definition) is 6. The van der Waals surface area contributed by atoms with E-state index in [9.17, 15) is 47.0 Å². The van der Waals surface area contributed by atoms with E-state index in [0.29, 0.717) is 12.0 Å². The van der Waals surface area contributed by atoms with Crippen LogP contribution in [0, 0.1) is 5.92 Å². The van der Waals surface area contributed by atoms with E-state index in [4.69, 9.17) is 14.6 Å². The van der Waals surface area contributed by atoms with E-state index in [1.54, 1.807) is 12.1 Å². The summed E-state index contributed by atoms with van der Waals surface area (Å²) in [6.45, 7) is 17.5. The molecule has 5 amide bonds. The number of halogens is 3. The molecule has 0 aromatic heterocycles. The van der Waals surface area contributed by atoms with Gasteiger partial charge in [0, 0.05) is 19.0 Å². The first-order valence-corrected chi connectivity index (χ1v) is 21.6. The molecular weight excluding hydrogens is 854 g/mol. The monoisotopic (exact) mass is 923 g/mol. The third-order valence-electron chi connectivity index (χ3n) is 10.5. The molecule has 2 aromatic carbocycles. The number of aliphatic carboxylic acids is 1. The lowest BCUT2D eigenvalue weighted by Crippen LogP contribution is -2.59. The Bertz CT molecular complexity index is 1840. The number of aliphatic hydroxyl groups is 1. The molecule has 6 N–H and O–H groups in total. The lowest BCUT2D eigenvalue weighted by molar-refractivity contribution is -0.192. The molecule has 0 bridgehead atoms. The molecule has 2 rings (SSSR count). The number of benzene rings is 2. The Morgan fingerprint density at radius 2 is 1.26 bits per heavy atom. The normalized spacial score (nSPS) is 13.8. The summed E-state index contributed by atoms with van der Waals surface area (Å²) in [6, 6.07) is 10.9. The van der Waals surface area contributed by atoms with Crippen LogP contribution in [0.5, 0.6) is 0 Å². The van der Waals surface area contributed by atoms with Crippen molar-refractivity contribution in [3.63, 3.8) is 0 Å². The average molecular weight is 923 g/mol. The second kappa shape index (κ2) is 27.7. The molecule has 0 aliphatic carbocycles. The van der Waals surface area contributed by atoms with Gasteiger partial charge >= 0.3 is 18.1 Å². The number of methoxy groups -OCH3 is 1. The number of nitrogens with one attached hydrogen (secondary N) is 4. The van der Waals surface area contributed by atoms with Crippen LogP contribution in [0.1, 0.15) is 103 Å². The molecule has 0 unspecified atom stereocenters. The number of rotatable bonds is 23. The molecule has 0 aliphatic heterocycles. The minimum atomic E-state index is -5.08. The molecule has 0 saturated heterocycles. The van der Waals surface area contributed by atoms with Crippen LogP contribution in [0.3, 0.4) is 0 Å². The van der Waals surface area contributed by atoms with Crippen LogP contribution in [-0.2, 0) is 45.3 Å². The topological polar surface area (TPSA) is 224 Å². The Labute approximate surface area is 380 Å². The van der Waals surface area contributed by atoms with Gasteiger partial charge in [-0.15, -0.1) is 0 Å². The van der Waals surface area contributed by atoms with Crippen LogP contribution in [0.25, 0.3) is 0 Å². The highest BCUT2D eigenvalue weighted by Crippen LogP contribution is 2.22. The number of amides is 5. The lowest BCUT2D eigenvalue weighted by Gasteiger charge is -2.31. The van der Waals surface area contributed by atoms with Gasteiger partial charge < -0.3 is 46.0 Å². The molecular formula is C46H69F3N6O10. The van der Waals surface area contributed by atoms with E-state index in [0.717, 1.165) is 44.3 Å². The molecule has 0 heterocycles. The highest BCUT2D eigenvalue weighted by Gasteiger charge is 2.38. The van der Waals surface area contributed by atoms with E-state index in [2.05, 4.69) is 60.8 Å². The van der Waals surface area contributed by atoms with E-state index < -0.39 is 84.5 Å². The van der Waals surface area contributed by atoms with E-state index in [-0.39, 0.29) is 30.6 Å². The second-order valence-corrected chi connectivity index (χ2v) is 17.0. The standard InChI is InChI=1S/C44H68N6O8.C2HF3O2/c1-11-50(12-2)25-17-16-20-34(40(54)48-37(28-51)43(57)58-10)45-41(55)35(26-29(3)4)46-38(52)30(5)49(9)42(56)36(27-31-18-14-13-15-19-31)47-39(53)32-21-23-33(24-22-32)44(6,7)8;3-2(4,5)1(6)7/h13-15,18-19,21-24,29-30,34-37,51H,11-12,16-17,20,25-28H2,1-10H3,(H,45,55)(H,46,52)(H,47,53)(H,48,54);(H,6,7)/t30-,34-,35-,36-,37-;/m0./s1. The Morgan fingerprint density at radius 3 is 1.74 bits per heavy atom. The summed E-state index contributed by atoms with van der Waals surface area (Å²) in [5.41, 5.74) is 2.16. The maximum Gasteiger partial charge on any atom is 0.490 e. The summed E-state index contributed by atoms with van der Waals surface area (Å²) >= 11 is 0. The van der Waals surface area contributed by atoms with E-state index >= 15 is 0 Å². The summed E-state index contributed by atoms with van der Waals surface area (Å²) in [6.07, 6.45) is -3.12. The predicted octanol–water partition coefficient (Wildman–Crippen LogP) is 3.98. The van der Waals surface area contributed by atoms with E-state index in [1.165, 1.54) is 18.9 Å². The van der Waals surface area contributed by atoms with Gasteiger partial charge in [-0.05, 0) is 86.8 Å². The molecule has 2 aromatic rings. The number of unbranched alkanes of at least 4 members (excludes halogenated alkanes) is 1. The molecule has 0 fully saturated rings. The Kier molecular flexibility index (Phi) is 24.5. The van der Waals surface area contributed by atoms with Crippen molar-refractivity contribution in [2.45, 2.75) is 129 Å². The number of likely N-dealkylation sites (N-methyl/N-ethyl adjacent to an activating group) is 1. The summed E-state index contributed by atoms with van der Waals surface area (Å²) in [5, 5.41) is 27.8. The number of carbonyl (C=O) groups is 7. The van der Waals surface area contributed by atoms with Gasteiger partial charge in [0.2, 0.25) is 23.6 Å². The van der Waals surface area contributed by atoms with Crippen molar-refractivity contribution >= 4 is 41.5 Å². The van der Waals surface area contributed by atoms with Crippen LogP contribution >= 0.6 is 0 Å². The molecule has 0 aliphatic rings. The highest BCUT2D eigenvalue weighted by molar-refractivity contribution is 5.99. The smallest absolute Gasteiger partial charge is 0.475 e. The highest BCUT2D eigenvalue weighted by atomic mass is 19.4. The fourth-order valence-corrected chi connectivity index (χ4v) is 6.38. The quantitative estimate of drug-likeness (QED) is 0.0691. The van der Waals surface area contributed by atoms with Gasteiger partial charge in [-0.2, -0.15) is 13.2 Å². The SMILES string of the molecule is CCN(CC)CCCC[C@H](NC(=O)[C@H](CC(C)C)NC(=O)[C@H](C)N(C)C(=O)[C@H](Cc1ccccc1)NC(=O)c1ccc(C(C)(C)C)cc1)C(=O)N[C@@H](CO)C(=O)OC.O=C(O)C(F)(F)F. The molecule has 19 heteroatoms. The number of hydrogen-bond acceptors (Lipinski definition) is 10. The molecule has 0 saturated carbocycles. The summed E-state index contributed by atoms with van der Waals surface area (Å²) in [5.74, 6) is -6.46. The largest absolute Gasteiger partial charge is 0.490 e. The number of esters is 1. The van der Waals surface area contributed by atoms with Crippen molar-refractivity contribution in [1.29, 1.82) is 0 Å². The van der Waals surface area contributed by atoms with Crippen LogP contribution in [0.4, 0.5) is 13.2 Å². The zero-order chi connectivity index (χ0) is 49.7. The van der Waals surface area contributed by atoms with Gasteiger partial charge in [0.15, 0.2) is 6.04 Å². The van der Waals surface area contributed by atoms with Crippen molar-refractivity contribution in [2.24, 2.45) is 5.92 Å². The lowest BCUT2D eigenvalue weighted by atomic mass is 9.86. The molecule has 65 heavy (non-hydrogen) atoms. The first kappa shape index (κ1) is 57.5. The summed E-state index contributed by atoms with van der Waals surface area (Å²) in [7, 11) is 2.62. The maximum absolute atomic E-state index is 14.1. The van der Waals surface area contributed by atoms with E-state index in [1.807, 2.05) is 56.3 Å². The Balaban J connectivity index is 0.00000277. The van der Waals surface area contributed by atoms with Gasteiger partial charge in [-0.3, -0.25) is 24.0 Å². The van der Waals surface area contributed by atoms with Crippen molar-refractivity contribution in [1.82, 2.24) is 31.1 Å². The van der Waals surface area contributed by atoms with Crippen molar-refractivity contribution in [2.75, 3.05) is 40.4 Å². The van der Waals surface area contributed by atoms with Crippen LogP contribution in [0.15, 0.2) is 54.6 Å². The van der Waals surface area contributed by atoms with Crippen LogP contribution in [-0.4, -0.2) is 138 Å². The molecule has 0 spiro atoms. The fraction of sp³-hybridized carbons (Fsp3) is 0.587. The summed E-state index contributed by atoms with van der Waals surface area (Å²) < 4.78 is 36.4. The fourth-order valence-electron chi connectivity index (χ4n) is 6.38. The zero-order valence-electron chi connectivity index (χ0n) is 39.2. The number of ether oxygens (including phenoxy) is 1. The minimum Gasteiger partial charge on any atom is -0.475 e. The number of carboxylic acid groups (broad SMARTS) is 1. The predicted molar refractivity (Wildman–Crippen MR) is 238 cm³/mol. The molecule has 5 atom stereocenters. The Morgan fingerprint density at radius 1 is 0.738 bits per heavy atom. The van der Waals surface area contributed by atoms with Crippen molar-refractivity contribution in [3.05, 3.63) is 71.3 Å². The Hall–Kier alpha value is -5.56. The number of carbonyl (C=O) groups excluding carboxylic acids is 6. The van der Waals surface area contributed by atoms with Crippen LogP contribution < -0.4 is 21.3 Å². The van der Waals surface area contributed by atoms with Crippen LogP contribution in [0.2, 0.25) is 0 Å². The zero-order valence-corrected chi connectivity index (χ0v) is 39.2. The third-order valence-corrected chi connectivity index (χ3v) is 10.5. The summed E-state index contributed by atoms with van der Waals surface area (Å²) in [4.78, 5) is 93.3. The molecule has 16 nitrogen and oxygen atoms in total. The molecule has 0 radical (unpaired) electrons. The van der Waals surface area contributed by atoms with Gasteiger partial charge in [0.05, 0.1) is 13.7 Å². The number of nitrogens with zero attached hydrogens (tertiary/aromatic N) is 2. The van der Waals surface area contributed by atoms with Crippen molar-refractivity contribution in [3.8, 4) is 0 Å². The second-order valence-electron chi connectivity index (χ2n) is 17.0. The third kappa shape index (κ3) is 20.4. The number of alkyl halides is 3. The minimum absolute atomic E-state index is 0.0481. The number of aliphatic hydroxyl groups excluding tert-OH is 1.